The van der Waals surface area contributed by atoms with Crippen LogP contribution in [0.4, 0.5) is 4.79 Å². The molecule has 0 aromatic heterocycles. The van der Waals surface area contributed by atoms with Crippen LogP contribution in [0.3, 0.4) is 0 Å². The topological polar surface area (TPSA) is 57.2 Å². The van der Waals surface area contributed by atoms with Crippen molar-refractivity contribution in [3.8, 4) is 5.75 Å². The Balaban J connectivity index is 1.03. The number of carbonyl (C=O) groups excluding carboxylic acids is 1. The molecule has 0 radical (unpaired) electrons. The lowest BCUT2D eigenvalue weighted by atomic mass is 9.56. The Morgan fingerprint density at radius 1 is 1.14 bits per heavy atom. The third-order valence-electron chi connectivity index (χ3n) is 7.51. The highest BCUT2D eigenvalue weighted by atomic mass is 32.2. The van der Waals surface area contributed by atoms with E-state index in [1.54, 1.807) is 0 Å². The average molecular weight is 506 g/mol. The Morgan fingerprint density at radius 3 is 2.60 bits per heavy atom. The summed E-state index contributed by atoms with van der Waals surface area (Å²) < 4.78 is 22.7. The normalized spacial score (nSPS) is 22.3. The minimum absolute atomic E-state index is 0.000963. The lowest BCUT2D eigenvalue weighted by Gasteiger charge is -2.52. The molecule has 2 aliphatic heterocycles. The summed E-state index contributed by atoms with van der Waals surface area (Å²) in [7, 11) is 0. The first-order chi connectivity index (χ1) is 17.0. The van der Waals surface area contributed by atoms with E-state index in [1.807, 2.05) is 30.5 Å². The van der Waals surface area contributed by atoms with Gasteiger partial charge in [0.25, 0.3) is 0 Å². The van der Waals surface area contributed by atoms with Gasteiger partial charge in [-0.05, 0) is 107 Å². The zero-order chi connectivity index (χ0) is 24.5. The quantitative estimate of drug-likeness (QED) is 0.252. The van der Waals surface area contributed by atoms with Gasteiger partial charge in [0.05, 0.1) is 19.3 Å². The second-order valence-corrected chi connectivity index (χ2v) is 11.8. The van der Waals surface area contributed by atoms with Crippen LogP contribution in [0.5, 0.6) is 5.75 Å². The van der Waals surface area contributed by atoms with E-state index in [2.05, 4.69) is 24.3 Å². The van der Waals surface area contributed by atoms with Crippen LogP contribution >= 0.6 is 11.8 Å². The largest absolute Gasteiger partial charge is 0.494 e. The molecule has 196 valence electrons. The van der Waals surface area contributed by atoms with Gasteiger partial charge in [-0.3, -0.25) is 0 Å². The summed E-state index contributed by atoms with van der Waals surface area (Å²) in [6.07, 6.45) is 10.4. The number of nitrogens with zero attached hydrogens (tertiary/aromatic N) is 1. The third kappa shape index (κ3) is 8.29. The van der Waals surface area contributed by atoms with Gasteiger partial charge in [0.1, 0.15) is 5.75 Å². The summed E-state index contributed by atoms with van der Waals surface area (Å²) in [5.41, 5.74) is 0.474. The predicted molar refractivity (Wildman–Crippen MR) is 139 cm³/mol. The van der Waals surface area contributed by atoms with Crippen molar-refractivity contribution >= 4 is 17.9 Å². The van der Waals surface area contributed by atoms with Crippen molar-refractivity contribution in [3.05, 3.63) is 24.3 Å². The smallest absolute Gasteiger partial charge is 0.410 e. The molecule has 3 fully saturated rings. The molecule has 1 spiro atoms. The maximum atomic E-state index is 12.1. The van der Waals surface area contributed by atoms with Gasteiger partial charge in [0.15, 0.2) is 6.29 Å². The van der Waals surface area contributed by atoms with Crippen LogP contribution in [0.2, 0.25) is 0 Å². The molecule has 4 rings (SSSR count). The van der Waals surface area contributed by atoms with Gasteiger partial charge in [0.2, 0.25) is 0 Å². The summed E-state index contributed by atoms with van der Waals surface area (Å²) in [6.45, 7) is 7.83. The zero-order valence-corrected chi connectivity index (χ0v) is 22.4. The fourth-order valence-corrected chi connectivity index (χ4v) is 6.34. The van der Waals surface area contributed by atoms with E-state index >= 15 is 0 Å². The Labute approximate surface area is 215 Å². The van der Waals surface area contributed by atoms with Crippen LogP contribution in [-0.2, 0) is 14.2 Å². The molecule has 1 aliphatic carbocycles. The molecule has 2 saturated heterocycles. The maximum Gasteiger partial charge on any atom is 0.410 e. The number of ether oxygens (including phenoxy) is 4. The number of piperidine rings is 1. The molecule has 7 heteroatoms. The van der Waals surface area contributed by atoms with E-state index in [9.17, 15) is 4.79 Å². The molecule has 0 N–H and O–H groups in total. The summed E-state index contributed by atoms with van der Waals surface area (Å²) in [5, 5.41) is 0. The standard InChI is InChI=1S/C28H43NO5S/c1-22(2)34-27(30)29-14-12-28(13-15-29)20-23(21-28)6-5-17-31-24-8-10-25(11-9-24)35-19-18-33-26-7-3-4-16-32-26/h8-11,22-23,26H,3-7,12-21H2,1-2H3. The Morgan fingerprint density at radius 2 is 1.91 bits per heavy atom. The number of hydrogen-bond acceptors (Lipinski definition) is 6. The second kappa shape index (κ2) is 13.2. The summed E-state index contributed by atoms with van der Waals surface area (Å²) in [4.78, 5) is 15.2. The van der Waals surface area contributed by atoms with Crippen molar-refractivity contribution in [3.63, 3.8) is 0 Å². The van der Waals surface area contributed by atoms with Crippen molar-refractivity contribution in [2.45, 2.75) is 88.9 Å². The first kappa shape index (κ1) is 26.6. The summed E-state index contributed by atoms with van der Waals surface area (Å²) in [6, 6.07) is 8.42. The molecular formula is C28H43NO5S. The van der Waals surface area contributed by atoms with Crippen molar-refractivity contribution in [1.29, 1.82) is 0 Å². The van der Waals surface area contributed by atoms with Crippen molar-refractivity contribution in [2.24, 2.45) is 11.3 Å². The van der Waals surface area contributed by atoms with Gasteiger partial charge in [-0.15, -0.1) is 11.8 Å². The number of amides is 1. The van der Waals surface area contributed by atoms with Crippen LogP contribution in [0.15, 0.2) is 29.2 Å². The Hall–Kier alpha value is -1.44. The van der Waals surface area contributed by atoms with Crippen molar-refractivity contribution < 1.29 is 23.7 Å². The maximum absolute atomic E-state index is 12.1. The lowest BCUT2D eigenvalue weighted by Crippen LogP contribution is -2.49. The Bertz CT molecular complexity index is 764. The molecule has 3 aliphatic rings. The molecule has 6 nitrogen and oxygen atoms in total. The van der Waals surface area contributed by atoms with E-state index in [0.29, 0.717) is 5.41 Å². The van der Waals surface area contributed by atoms with Crippen molar-refractivity contribution in [2.75, 3.05) is 38.7 Å². The summed E-state index contributed by atoms with van der Waals surface area (Å²) in [5.74, 6) is 2.70. The minimum Gasteiger partial charge on any atom is -0.494 e. The van der Waals surface area contributed by atoms with Gasteiger partial charge in [-0.1, -0.05) is 0 Å². The molecule has 1 atom stereocenters. The molecule has 1 saturated carbocycles. The van der Waals surface area contributed by atoms with Gasteiger partial charge in [-0.25, -0.2) is 4.79 Å². The monoisotopic (exact) mass is 505 g/mol. The average Bonchev–Trinajstić information content (AvgIpc) is 2.84. The Kier molecular flexibility index (Phi) is 10.0. The lowest BCUT2D eigenvalue weighted by molar-refractivity contribution is -0.158. The van der Waals surface area contributed by atoms with E-state index < -0.39 is 0 Å². The summed E-state index contributed by atoms with van der Waals surface area (Å²) >= 11 is 1.81. The van der Waals surface area contributed by atoms with Crippen LogP contribution in [0, 0.1) is 11.3 Å². The molecular weight excluding hydrogens is 462 g/mol. The number of thioether (sulfide) groups is 1. The van der Waals surface area contributed by atoms with Crippen LogP contribution in [-0.4, -0.2) is 62.1 Å². The van der Waals surface area contributed by atoms with Crippen molar-refractivity contribution in [1.82, 2.24) is 4.90 Å². The molecule has 1 amide bonds. The van der Waals surface area contributed by atoms with Gasteiger partial charge < -0.3 is 23.8 Å². The molecule has 1 aromatic rings. The van der Waals surface area contributed by atoms with E-state index in [1.165, 1.54) is 30.6 Å². The first-order valence-corrected chi connectivity index (χ1v) is 14.5. The molecule has 1 unspecified atom stereocenters. The second-order valence-electron chi connectivity index (χ2n) is 10.7. The fraction of sp³-hybridized carbons (Fsp3) is 0.750. The number of benzene rings is 1. The predicted octanol–water partition coefficient (Wildman–Crippen LogP) is 6.52. The van der Waals surface area contributed by atoms with Crippen LogP contribution in [0.25, 0.3) is 0 Å². The van der Waals surface area contributed by atoms with Gasteiger partial charge >= 0.3 is 6.09 Å². The molecule has 35 heavy (non-hydrogen) atoms. The highest BCUT2D eigenvalue weighted by Crippen LogP contribution is 2.54. The van der Waals surface area contributed by atoms with Gasteiger partial charge in [-0.2, -0.15) is 0 Å². The number of likely N-dealkylation sites (tertiary alicyclic amines) is 1. The van der Waals surface area contributed by atoms with Crippen LogP contribution < -0.4 is 4.74 Å². The zero-order valence-electron chi connectivity index (χ0n) is 21.5. The fourth-order valence-electron chi connectivity index (χ4n) is 5.59. The SMILES string of the molecule is CC(C)OC(=O)N1CCC2(CC1)CC(CCCOc1ccc(SCCOC3CCCCO3)cc1)C2. The molecule has 2 heterocycles. The third-order valence-corrected chi connectivity index (χ3v) is 8.48. The molecule has 1 aromatic carbocycles. The number of carbonyl (C=O) groups is 1. The number of hydrogen-bond donors (Lipinski definition) is 0. The van der Waals surface area contributed by atoms with E-state index in [4.69, 9.17) is 18.9 Å². The van der Waals surface area contributed by atoms with E-state index in [-0.39, 0.29) is 18.5 Å². The number of rotatable bonds is 11. The highest BCUT2D eigenvalue weighted by Gasteiger charge is 2.46. The molecule has 0 bridgehead atoms. The van der Waals surface area contributed by atoms with Crippen LogP contribution in [0.1, 0.15) is 71.6 Å². The van der Waals surface area contributed by atoms with E-state index in [0.717, 1.165) is 82.4 Å². The van der Waals surface area contributed by atoms with Gasteiger partial charge in [0, 0.05) is 30.3 Å². The first-order valence-electron chi connectivity index (χ1n) is 13.6. The highest BCUT2D eigenvalue weighted by molar-refractivity contribution is 7.99. The minimum atomic E-state index is -0.145.